The molecule has 0 aliphatic rings. The Hall–Kier alpha value is -1.81. The van der Waals surface area contributed by atoms with Crippen LogP contribution in [0.4, 0.5) is 0 Å². The molecule has 0 spiro atoms. The maximum absolute atomic E-state index is 9.24. The molecular formula is C15H21N3O. The standard InChI is InChI=1S/C15H21N3O/c1-12(2)7-16-8-14-10-18(11-17-14)9-13-3-5-15(19)6-4-13/h3-6,10-12,16,19H,7-9H2,1-2H3. The van der Waals surface area contributed by atoms with Crippen molar-refractivity contribution in [2.24, 2.45) is 5.92 Å². The number of hydrogen-bond donors (Lipinski definition) is 2. The molecule has 2 aromatic rings. The van der Waals surface area contributed by atoms with Gasteiger partial charge in [0.2, 0.25) is 0 Å². The number of hydrogen-bond acceptors (Lipinski definition) is 3. The second-order valence-corrected chi connectivity index (χ2v) is 5.23. The topological polar surface area (TPSA) is 50.1 Å². The van der Waals surface area contributed by atoms with Gasteiger partial charge in [-0.3, -0.25) is 0 Å². The van der Waals surface area contributed by atoms with Gasteiger partial charge in [0.1, 0.15) is 5.75 Å². The Labute approximate surface area is 114 Å². The van der Waals surface area contributed by atoms with Crippen LogP contribution in [0.5, 0.6) is 5.75 Å². The average Bonchev–Trinajstić information content (AvgIpc) is 2.79. The summed E-state index contributed by atoms with van der Waals surface area (Å²) in [6.07, 6.45) is 3.90. The summed E-state index contributed by atoms with van der Waals surface area (Å²) in [5.74, 6) is 0.951. The van der Waals surface area contributed by atoms with Crippen molar-refractivity contribution in [2.75, 3.05) is 6.54 Å². The predicted octanol–water partition coefficient (Wildman–Crippen LogP) is 2.38. The first-order valence-electron chi connectivity index (χ1n) is 6.63. The fourth-order valence-corrected chi connectivity index (χ4v) is 1.89. The minimum absolute atomic E-state index is 0.299. The van der Waals surface area contributed by atoms with E-state index in [9.17, 15) is 5.11 Å². The highest BCUT2D eigenvalue weighted by Crippen LogP contribution is 2.11. The van der Waals surface area contributed by atoms with E-state index in [4.69, 9.17) is 0 Å². The van der Waals surface area contributed by atoms with Crippen LogP contribution >= 0.6 is 0 Å². The van der Waals surface area contributed by atoms with Crippen LogP contribution in [-0.2, 0) is 13.1 Å². The molecule has 4 heteroatoms. The zero-order valence-electron chi connectivity index (χ0n) is 11.5. The van der Waals surface area contributed by atoms with Crippen LogP contribution in [0.1, 0.15) is 25.1 Å². The SMILES string of the molecule is CC(C)CNCc1cn(Cc2ccc(O)cc2)cn1. The average molecular weight is 259 g/mol. The second kappa shape index (κ2) is 6.38. The zero-order chi connectivity index (χ0) is 13.7. The van der Waals surface area contributed by atoms with E-state index in [1.54, 1.807) is 12.1 Å². The van der Waals surface area contributed by atoms with Crippen LogP contribution in [0.3, 0.4) is 0 Å². The summed E-state index contributed by atoms with van der Waals surface area (Å²) in [4.78, 5) is 4.38. The van der Waals surface area contributed by atoms with E-state index in [2.05, 4.69) is 34.9 Å². The lowest BCUT2D eigenvalue weighted by atomic mass is 10.2. The fraction of sp³-hybridized carbons (Fsp3) is 0.400. The first kappa shape index (κ1) is 13.6. The Kier molecular flexibility index (Phi) is 4.58. The molecule has 0 radical (unpaired) electrons. The van der Waals surface area contributed by atoms with Crippen molar-refractivity contribution in [1.82, 2.24) is 14.9 Å². The summed E-state index contributed by atoms with van der Waals surface area (Å²) >= 11 is 0. The van der Waals surface area contributed by atoms with E-state index in [0.717, 1.165) is 30.9 Å². The van der Waals surface area contributed by atoms with Gasteiger partial charge >= 0.3 is 0 Å². The molecule has 0 atom stereocenters. The van der Waals surface area contributed by atoms with Gasteiger partial charge in [-0.25, -0.2) is 4.98 Å². The third-order valence-electron chi connectivity index (χ3n) is 2.85. The van der Waals surface area contributed by atoms with Gasteiger partial charge in [-0.2, -0.15) is 0 Å². The molecule has 0 aliphatic heterocycles. The molecule has 0 unspecified atom stereocenters. The fourth-order valence-electron chi connectivity index (χ4n) is 1.89. The van der Waals surface area contributed by atoms with E-state index in [1.807, 2.05) is 18.5 Å². The molecule has 0 fully saturated rings. The molecule has 1 heterocycles. The Morgan fingerprint density at radius 3 is 2.68 bits per heavy atom. The first-order chi connectivity index (χ1) is 9.13. The molecule has 0 aliphatic carbocycles. The number of aromatic hydroxyl groups is 1. The second-order valence-electron chi connectivity index (χ2n) is 5.23. The highest BCUT2D eigenvalue weighted by atomic mass is 16.3. The van der Waals surface area contributed by atoms with Crippen molar-refractivity contribution in [3.05, 3.63) is 48.0 Å². The summed E-state index contributed by atoms with van der Waals surface area (Å²) < 4.78 is 2.05. The molecule has 4 nitrogen and oxygen atoms in total. The molecule has 0 bridgehead atoms. The number of phenolic OH excluding ortho intramolecular Hbond substituents is 1. The van der Waals surface area contributed by atoms with E-state index in [1.165, 1.54) is 0 Å². The third kappa shape index (κ3) is 4.41. The van der Waals surface area contributed by atoms with Crippen LogP contribution in [0, 0.1) is 5.92 Å². The Morgan fingerprint density at radius 1 is 1.26 bits per heavy atom. The summed E-state index contributed by atoms with van der Waals surface area (Å²) in [6, 6.07) is 7.26. The summed E-state index contributed by atoms with van der Waals surface area (Å²) in [7, 11) is 0. The molecular weight excluding hydrogens is 238 g/mol. The minimum Gasteiger partial charge on any atom is -0.508 e. The normalized spacial score (nSPS) is 11.1. The van der Waals surface area contributed by atoms with Crippen LogP contribution < -0.4 is 5.32 Å². The number of benzene rings is 1. The van der Waals surface area contributed by atoms with E-state index in [0.29, 0.717) is 11.7 Å². The Morgan fingerprint density at radius 2 is 2.00 bits per heavy atom. The van der Waals surface area contributed by atoms with Crippen molar-refractivity contribution in [3.8, 4) is 5.75 Å². The number of aromatic nitrogens is 2. The summed E-state index contributed by atoms with van der Waals surface area (Å²) in [5, 5.41) is 12.6. The summed E-state index contributed by atoms with van der Waals surface area (Å²) in [5.41, 5.74) is 2.20. The molecule has 2 N–H and O–H groups in total. The predicted molar refractivity (Wildman–Crippen MR) is 76.0 cm³/mol. The largest absolute Gasteiger partial charge is 0.508 e. The van der Waals surface area contributed by atoms with Crippen molar-refractivity contribution in [3.63, 3.8) is 0 Å². The van der Waals surface area contributed by atoms with E-state index >= 15 is 0 Å². The first-order valence-corrected chi connectivity index (χ1v) is 6.63. The molecule has 19 heavy (non-hydrogen) atoms. The smallest absolute Gasteiger partial charge is 0.115 e. The highest BCUT2D eigenvalue weighted by molar-refractivity contribution is 5.26. The van der Waals surface area contributed by atoms with Gasteiger partial charge in [-0.05, 0) is 30.2 Å². The number of nitrogens with one attached hydrogen (secondary N) is 1. The molecule has 1 aromatic heterocycles. The third-order valence-corrected chi connectivity index (χ3v) is 2.85. The molecule has 0 saturated heterocycles. The Bertz CT molecular complexity index is 502. The van der Waals surface area contributed by atoms with E-state index < -0.39 is 0 Å². The van der Waals surface area contributed by atoms with Crippen LogP contribution in [0.25, 0.3) is 0 Å². The van der Waals surface area contributed by atoms with Gasteiger partial charge in [0, 0.05) is 19.3 Å². The van der Waals surface area contributed by atoms with Crippen molar-refractivity contribution < 1.29 is 5.11 Å². The summed E-state index contributed by atoms with van der Waals surface area (Å²) in [6.45, 7) is 6.97. The van der Waals surface area contributed by atoms with Gasteiger partial charge in [0.15, 0.2) is 0 Å². The van der Waals surface area contributed by atoms with Crippen molar-refractivity contribution >= 4 is 0 Å². The number of nitrogens with zero attached hydrogens (tertiary/aromatic N) is 2. The van der Waals surface area contributed by atoms with Gasteiger partial charge in [0.25, 0.3) is 0 Å². The monoisotopic (exact) mass is 259 g/mol. The van der Waals surface area contributed by atoms with Crippen LogP contribution in [0.15, 0.2) is 36.8 Å². The Balaban J connectivity index is 1.88. The molecule has 102 valence electrons. The van der Waals surface area contributed by atoms with Gasteiger partial charge in [-0.15, -0.1) is 0 Å². The molecule has 0 saturated carbocycles. The number of imidazole rings is 1. The quantitative estimate of drug-likeness (QED) is 0.837. The van der Waals surface area contributed by atoms with Gasteiger partial charge < -0.3 is 15.0 Å². The number of rotatable bonds is 6. The molecule has 0 amide bonds. The van der Waals surface area contributed by atoms with E-state index in [-0.39, 0.29) is 0 Å². The van der Waals surface area contributed by atoms with Crippen LogP contribution in [0.2, 0.25) is 0 Å². The number of phenols is 1. The lowest BCUT2D eigenvalue weighted by Crippen LogP contribution is -2.19. The van der Waals surface area contributed by atoms with Crippen molar-refractivity contribution in [1.29, 1.82) is 0 Å². The maximum Gasteiger partial charge on any atom is 0.115 e. The lowest BCUT2D eigenvalue weighted by molar-refractivity contribution is 0.475. The van der Waals surface area contributed by atoms with Crippen LogP contribution in [-0.4, -0.2) is 21.2 Å². The lowest BCUT2D eigenvalue weighted by Gasteiger charge is -2.05. The molecule has 2 rings (SSSR count). The maximum atomic E-state index is 9.24. The molecule has 1 aromatic carbocycles. The van der Waals surface area contributed by atoms with Gasteiger partial charge in [-0.1, -0.05) is 26.0 Å². The zero-order valence-corrected chi connectivity index (χ0v) is 11.5. The minimum atomic E-state index is 0.299. The highest BCUT2D eigenvalue weighted by Gasteiger charge is 2.01. The van der Waals surface area contributed by atoms with Crippen molar-refractivity contribution in [2.45, 2.75) is 26.9 Å². The van der Waals surface area contributed by atoms with Gasteiger partial charge in [0.05, 0.1) is 12.0 Å².